The van der Waals surface area contributed by atoms with Gasteiger partial charge in [0.05, 0.1) is 16.1 Å². The first kappa shape index (κ1) is 19.8. The highest BCUT2D eigenvalue weighted by atomic mass is 35.5. The average Bonchev–Trinajstić information content (AvgIpc) is 3.07. The van der Waals surface area contributed by atoms with E-state index in [4.69, 9.17) is 21.1 Å². The van der Waals surface area contributed by atoms with E-state index in [0.717, 1.165) is 42.1 Å². The van der Waals surface area contributed by atoms with Crippen LogP contribution in [0.3, 0.4) is 0 Å². The fourth-order valence-corrected chi connectivity index (χ4v) is 4.21. The third kappa shape index (κ3) is 4.18. The molecular weight excluding hydrogens is 416 g/mol. The van der Waals surface area contributed by atoms with Crippen LogP contribution in [0.5, 0.6) is 11.5 Å². The van der Waals surface area contributed by atoms with Crippen LogP contribution in [0.25, 0.3) is 17.1 Å². The first-order valence-electron chi connectivity index (χ1n) is 10.4. The van der Waals surface area contributed by atoms with Crippen molar-refractivity contribution in [2.45, 2.75) is 6.42 Å². The molecule has 1 N–H and O–H groups in total. The fourth-order valence-electron chi connectivity index (χ4n) is 3.94. The number of hydrogen-bond acceptors (Lipinski definition) is 5. The number of nitrogens with one attached hydrogen (secondary N) is 1. The molecule has 7 nitrogen and oxygen atoms in total. The third-order valence-corrected chi connectivity index (χ3v) is 5.80. The number of carbonyl (C=O) groups excluding carboxylic acids is 1. The van der Waals surface area contributed by atoms with Crippen LogP contribution in [0, 0.1) is 0 Å². The van der Waals surface area contributed by atoms with Gasteiger partial charge < -0.3 is 24.3 Å². The summed E-state index contributed by atoms with van der Waals surface area (Å²) in [5.41, 5.74) is 2.78. The smallest absolute Gasteiger partial charge is 0.246 e. The Bertz CT molecular complexity index is 1110. The van der Waals surface area contributed by atoms with E-state index in [0.29, 0.717) is 42.8 Å². The van der Waals surface area contributed by atoms with Gasteiger partial charge in [0.15, 0.2) is 11.5 Å². The number of carbonyl (C=O) groups is 1. The van der Waals surface area contributed by atoms with Gasteiger partial charge in [-0.2, -0.15) is 0 Å². The molecule has 0 unspecified atom stereocenters. The number of halogens is 1. The summed E-state index contributed by atoms with van der Waals surface area (Å²) in [4.78, 5) is 24.9. The Hall–Kier alpha value is -3.19. The number of benzene rings is 2. The Kier molecular flexibility index (Phi) is 5.42. The monoisotopic (exact) mass is 438 g/mol. The molecule has 2 aliphatic heterocycles. The molecule has 2 aliphatic rings. The van der Waals surface area contributed by atoms with Crippen LogP contribution in [0.4, 0.5) is 5.95 Å². The Morgan fingerprint density at radius 1 is 1.10 bits per heavy atom. The predicted molar refractivity (Wildman–Crippen MR) is 121 cm³/mol. The Labute approximate surface area is 185 Å². The van der Waals surface area contributed by atoms with Crippen LogP contribution < -0.4 is 14.4 Å². The maximum atomic E-state index is 12.8. The number of aromatic nitrogens is 2. The number of amides is 1. The minimum absolute atomic E-state index is 0.0162. The van der Waals surface area contributed by atoms with Crippen LogP contribution in [-0.2, 0) is 4.79 Å². The lowest BCUT2D eigenvalue weighted by Crippen LogP contribution is -2.34. The highest BCUT2D eigenvalue weighted by Gasteiger charge is 2.20. The first-order valence-corrected chi connectivity index (χ1v) is 10.8. The second-order valence-corrected chi connectivity index (χ2v) is 8.01. The van der Waals surface area contributed by atoms with Crippen molar-refractivity contribution in [1.82, 2.24) is 14.9 Å². The van der Waals surface area contributed by atoms with Gasteiger partial charge in [0.2, 0.25) is 11.9 Å². The van der Waals surface area contributed by atoms with Gasteiger partial charge in [-0.3, -0.25) is 4.79 Å². The summed E-state index contributed by atoms with van der Waals surface area (Å²) in [5.74, 6) is 2.02. The molecule has 1 aromatic heterocycles. The van der Waals surface area contributed by atoms with Crippen molar-refractivity contribution >= 4 is 40.6 Å². The van der Waals surface area contributed by atoms with Gasteiger partial charge >= 0.3 is 0 Å². The Morgan fingerprint density at radius 2 is 1.97 bits per heavy atom. The summed E-state index contributed by atoms with van der Waals surface area (Å²) in [6, 6.07) is 11.6. The molecule has 0 bridgehead atoms. The summed E-state index contributed by atoms with van der Waals surface area (Å²) in [6.45, 7) is 3.91. The second kappa shape index (κ2) is 8.51. The first-order chi connectivity index (χ1) is 15.2. The lowest BCUT2D eigenvalue weighted by atomic mass is 10.1. The molecule has 0 aliphatic carbocycles. The highest BCUT2D eigenvalue weighted by molar-refractivity contribution is 6.32. The number of anilines is 1. The number of fused-ring (bicyclic) bond motifs is 2. The highest BCUT2D eigenvalue weighted by Crippen LogP contribution is 2.38. The summed E-state index contributed by atoms with van der Waals surface area (Å²) in [5, 5.41) is 0.487. The minimum Gasteiger partial charge on any atom is -0.486 e. The van der Waals surface area contributed by atoms with Crippen molar-refractivity contribution in [3.8, 4) is 11.5 Å². The van der Waals surface area contributed by atoms with Gasteiger partial charge in [-0.1, -0.05) is 23.7 Å². The van der Waals surface area contributed by atoms with Crippen LogP contribution in [0.1, 0.15) is 12.0 Å². The molecular formula is C23H23ClN4O3. The van der Waals surface area contributed by atoms with Gasteiger partial charge in [0, 0.05) is 32.3 Å². The molecule has 3 heterocycles. The van der Waals surface area contributed by atoms with Crippen LogP contribution in [-0.4, -0.2) is 60.2 Å². The van der Waals surface area contributed by atoms with E-state index in [1.165, 1.54) is 0 Å². The zero-order chi connectivity index (χ0) is 21.2. The molecule has 1 fully saturated rings. The van der Waals surface area contributed by atoms with Crippen LogP contribution in [0.15, 0.2) is 42.5 Å². The lowest BCUT2D eigenvalue weighted by Gasteiger charge is -2.21. The fraction of sp³-hybridized carbons (Fsp3) is 0.304. The van der Waals surface area contributed by atoms with Crippen molar-refractivity contribution in [1.29, 1.82) is 0 Å². The molecule has 1 saturated heterocycles. The molecule has 160 valence electrons. The summed E-state index contributed by atoms with van der Waals surface area (Å²) < 4.78 is 11.1. The van der Waals surface area contributed by atoms with Gasteiger partial charge in [-0.05, 0) is 42.3 Å². The normalized spacial score (nSPS) is 16.7. The topological polar surface area (TPSA) is 70.7 Å². The summed E-state index contributed by atoms with van der Waals surface area (Å²) in [7, 11) is 0. The molecule has 0 saturated carbocycles. The predicted octanol–water partition coefficient (Wildman–Crippen LogP) is 3.74. The number of para-hydroxylation sites is 2. The van der Waals surface area contributed by atoms with Crippen molar-refractivity contribution in [2.24, 2.45) is 0 Å². The van der Waals surface area contributed by atoms with E-state index in [1.54, 1.807) is 18.2 Å². The second-order valence-electron chi connectivity index (χ2n) is 7.60. The molecule has 0 spiro atoms. The van der Waals surface area contributed by atoms with Crippen molar-refractivity contribution in [3.05, 3.63) is 53.1 Å². The van der Waals surface area contributed by atoms with Crippen LogP contribution in [0.2, 0.25) is 5.02 Å². The summed E-state index contributed by atoms with van der Waals surface area (Å²) >= 11 is 6.29. The summed E-state index contributed by atoms with van der Waals surface area (Å²) in [6.07, 6.45) is 4.25. The largest absolute Gasteiger partial charge is 0.486 e. The number of nitrogens with zero attached hydrogens (tertiary/aromatic N) is 3. The maximum Gasteiger partial charge on any atom is 0.246 e. The van der Waals surface area contributed by atoms with Crippen molar-refractivity contribution in [2.75, 3.05) is 44.3 Å². The molecule has 1 amide bonds. The van der Waals surface area contributed by atoms with E-state index in [1.807, 2.05) is 35.2 Å². The molecule has 8 heteroatoms. The zero-order valence-electron chi connectivity index (χ0n) is 17.0. The third-order valence-electron chi connectivity index (χ3n) is 5.52. The number of aromatic amines is 1. The molecule has 0 radical (unpaired) electrons. The number of ether oxygens (including phenoxy) is 2. The van der Waals surface area contributed by atoms with Gasteiger partial charge in [-0.15, -0.1) is 0 Å². The molecule has 5 rings (SSSR count). The van der Waals surface area contributed by atoms with E-state index >= 15 is 0 Å². The number of H-pyrrole nitrogens is 1. The number of hydrogen-bond donors (Lipinski definition) is 1. The number of rotatable bonds is 3. The quantitative estimate of drug-likeness (QED) is 0.631. The van der Waals surface area contributed by atoms with Crippen molar-refractivity contribution in [3.63, 3.8) is 0 Å². The SMILES string of the molecule is O=C(/C=C/c1cc(Cl)c2c(c1)OCCO2)N1CCCN(c2nc3ccccc3[nH]2)CC1. The van der Waals surface area contributed by atoms with E-state index in [9.17, 15) is 4.79 Å². The number of imidazole rings is 1. The molecule has 31 heavy (non-hydrogen) atoms. The average molecular weight is 439 g/mol. The van der Waals surface area contributed by atoms with Gasteiger partial charge in [0.1, 0.15) is 13.2 Å². The Balaban J connectivity index is 1.25. The van der Waals surface area contributed by atoms with E-state index < -0.39 is 0 Å². The molecule has 3 aromatic rings. The maximum absolute atomic E-state index is 12.8. The zero-order valence-corrected chi connectivity index (χ0v) is 17.8. The van der Waals surface area contributed by atoms with Gasteiger partial charge in [0.25, 0.3) is 0 Å². The van der Waals surface area contributed by atoms with E-state index in [2.05, 4.69) is 14.9 Å². The van der Waals surface area contributed by atoms with Gasteiger partial charge in [-0.25, -0.2) is 4.98 Å². The lowest BCUT2D eigenvalue weighted by molar-refractivity contribution is -0.125. The van der Waals surface area contributed by atoms with Crippen molar-refractivity contribution < 1.29 is 14.3 Å². The minimum atomic E-state index is -0.0162. The van der Waals surface area contributed by atoms with Crippen LogP contribution >= 0.6 is 11.6 Å². The molecule has 2 aromatic carbocycles. The van der Waals surface area contributed by atoms with E-state index in [-0.39, 0.29) is 5.91 Å². The standard InChI is InChI=1S/C23H23ClN4O3/c24-17-14-16(15-20-22(17)31-13-12-30-20)6-7-21(29)27-8-3-9-28(11-10-27)23-25-18-4-1-2-5-19(18)26-23/h1-2,4-7,14-15H,3,8-13H2,(H,25,26)/b7-6+. The molecule has 0 atom stereocenters. The Morgan fingerprint density at radius 3 is 2.87 bits per heavy atom.